The largest absolute Gasteiger partial charge is 0.480 e. The first-order valence-corrected chi connectivity index (χ1v) is 12.3. The number of benzene rings is 2. The molecule has 2 aromatic carbocycles. The number of carbonyl (C=O) groups is 3. The number of nitrogens with zero attached hydrogens (tertiary/aromatic N) is 1. The van der Waals surface area contributed by atoms with Crippen LogP contribution in [0.5, 0.6) is 0 Å². The van der Waals surface area contributed by atoms with Crippen molar-refractivity contribution < 1.29 is 24.2 Å². The normalized spacial score (nSPS) is 13.1. The van der Waals surface area contributed by atoms with Crippen LogP contribution in [0.15, 0.2) is 53.9 Å². The predicted octanol–water partition coefficient (Wildman–Crippen LogP) is 4.41. The van der Waals surface area contributed by atoms with E-state index in [-0.39, 0.29) is 30.7 Å². The first kappa shape index (κ1) is 24.4. The van der Waals surface area contributed by atoms with Gasteiger partial charge in [-0.2, -0.15) is 0 Å². The molecule has 1 heterocycles. The smallest absolute Gasteiger partial charge is 0.407 e. The van der Waals surface area contributed by atoms with Crippen LogP contribution in [0.2, 0.25) is 0 Å². The Bertz CT molecular complexity index is 1190. The molecule has 9 heteroatoms. The molecule has 0 spiro atoms. The highest BCUT2D eigenvalue weighted by atomic mass is 32.1. The number of nitrogens with one attached hydrogen (secondary N) is 2. The number of aliphatic carboxylic acids is 1. The summed E-state index contributed by atoms with van der Waals surface area (Å²) in [7, 11) is 0. The van der Waals surface area contributed by atoms with Crippen molar-refractivity contribution in [1.82, 2.24) is 15.6 Å². The highest BCUT2D eigenvalue weighted by molar-refractivity contribution is 7.09. The highest BCUT2D eigenvalue weighted by Gasteiger charge is 2.29. The molecule has 4 rings (SSSR count). The van der Waals surface area contributed by atoms with Gasteiger partial charge >= 0.3 is 12.1 Å². The summed E-state index contributed by atoms with van der Waals surface area (Å²) in [6, 6.07) is 15.2. The molecule has 3 aromatic rings. The van der Waals surface area contributed by atoms with Crippen LogP contribution in [0.4, 0.5) is 4.79 Å². The Morgan fingerprint density at radius 1 is 1.06 bits per heavy atom. The number of carbonyl (C=O) groups excluding carboxylic acids is 2. The van der Waals surface area contributed by atoms with Crippen molar-refractivity contribution >= 4 is 29.3 Å². The van der Waals surface area contributed by atoms with Crippen LogP contribution in [0.25, 0.3) is 11.1 Å². The molecule has 35 heavy (non-hydrogen) atoms. The average molecular weight is 494 g/mol. The summed E-state index contributed by atoms with van der Waals surface area (Å²) in [6.45, 7) is 4.08. The first-order chi connectivity index (χ1) is 16.8. The third-order valence-electron chi connectivity index (χ3n) is 5.82. The van der Waals surface area contributed by atoms with Gasteiger partial charge in [-0.15, -0.1) is 11.3 Å². The molecule has 1 aromatic heterocycles. The number of amides is 2. The van der Waals surface area contributed by atoms with Crippen molar-refractivity contribution in [2.75, 3.05) is 6.61 Å². The van der Waals surface area contributed by atoms with Crippen molar-refractivity contribution in [3.05, 3.63) is 75.7 Å². The second kappa shape index (κ2) is 10.7. The summed E-state index contributed by atoms with van der Waals surface area (Å²) in [6.07, 6.45) is -0.252. The maximum atomic E-state index is 12.4. The van der Waals surface area contributed by atoms with Crippen molar-refractivity contribution in [3.63, 3.8) is 0 Å². The summed E-state index contributed by atoms with van der Waals surface area (Å²) < 4.78 is 5.51. The molecule has 0 radical (unpaired) electrons. The molecule has 1 atom stereocenters. The molecule has 0 saturated heterocycles. The Kier molecular flexibility index (Phi) is 7.45. The minimum atomic E-state index is -1.08. The third kappa shape index (κ3) is 5.68. The van der Waals surface area contributed by atoms with Gasteiger partial charge in [0, 0.05) is 11.3 Å². The van der Waals surface area contributed by atoms with Gasteiger partial charge in [0.2, 0.25) is 0 Å². The monoisotopic (exact) mass is 493 g/mol. The van der Waals surface area contributed by atoms with E-state index < -0.39 is 24.0 Å². The molecular weight excluding hydrogens is 466 g/mol. The standard InChI is InChI=1S/C26H27N3O5S/c1-15(2)11-21(25(31)32)29-24(30)22-14-35-23(28-22)12-27-26(33)34-13-20-18-9-5-3-7-16(18)17-8-4-6-10-19(17)20/h3-10,14-15,20-21H,11-13H2,1-2H3,(H,27,33)(H,29,30)(H,31,32)/t21-/m1/s1. The zero-order valence-corrected chi connectivity index (χ0v) is 20.3. The predicted molar refractivity (Wildman–Crippen MR) is 132 cm³/mol. The van der Waals surface area contributed by atoms with Crippen LogP contribution >= 0.6 is 11.3 Å². The number of fused-ring (bicyclic) bond motifs is 3. The molecule has 0 fully saturated rings. The summed E-state index contributed by atoms with van der Waals surface area (Å²) >= 11 is 1.20. The molecule has 182 valence electrons. The quantitative estimate of drug-likeness (QED) is 0.406. The molecular formula is C26H27N3O5S. The minimum absolute atomic E-state index is 0.0312. The van der Waals surface area contributed by atoms with Gasteiger partial charge in [0.05, 0.1) is 6.54 Å². The Morgan fingerprint density at radius 2 is 1.69 bits per heavy atom. The van der Waals surface area contributed by atoms with Gasteiger partial charge in [-0.25, -0.2) is 14.6 Å². The fourth-order valence-electron chi connectivity index (χ4n) is 4.22. The Morgan fingerprint density at radius 3 is 2.29 bits per heavy atom. The number of rotatable bonds is 9. The van der Waals surface area contributed by atoms with Gasteiger partial charge in [0.25, 0.3) is 5.91 Å². The number of carboxylic acids is 1. The van der Waals surface area contributed by atoms with Crippen molar-refractivity contribution in [2.24, 2.45) is 5.92 Å². The van der Waals surface area contributed by atoms with Gasteiger partial charge < -0.3 is 20.5 Å². The number of hydrogen-bond donors (Lipinski definition) is 3. The lowest BCUT2D eigenvalue weighted by Gasteiger charge is -2.15. The van der Waals surface area contributed by atoms with Gasteiger partial charge in [-0.1, -0.05) is 62.4 Å². The van der Waals surface area contributed by atoms with Crippen molar-refractivity contribution in [3.8, 4) is 11.1 Å². The number of ether oxygens (including phenoxy) is 1. The lowest BCUT2D eigenvalue weighted by molar-refractivity contribution is -0.139. The number of thiazole rings is 1. The second-order valence-corrected chi connectivity index (χ2v) is 9.74. The van der Waals surface area contributed by atoms with E-state index in [2.05, 4.69) is 39.9 Å². The maximum Gasteiger partial charge on any atom is 0.407 e. The minimum Gasteiger partial charge on any atom is -0.480 e. The van der Waals surface area contributed by atoms with Gasteiger partial charge in [0.15, 0.2) is 0 Å². The van der Waals surface area contributed by atoms with Crippen LogP contribution in [-0.2, 0) is 16.1 Å². The summed E-state index contributed by atoms with van der Waals surface area (Å²) in [4.78, 5) is 40.4. The number of carboxylic acid groups (broad SMARTS) is 1. The van der Waals surface area contributed by atoms with E-state index in [0.717, 1.165) is 22.3 Å². The van der Waals surface area contributed by atoms with Gasteiger partial charge in [0.1, 0.15) is 23.4 Å². The van der Waals surface area contributed by atoms with Crippen molar-refractivity contribution in [1.29, 1.82) is 0 Å². The van der Waals surface area contributed by atoms with E-state index in [9.17, 15) is 19.5 Å². The van der Waals surface area contributed by atoms with E-state index in [4.69, 9.17) is 4.74 Å². The molecule has 2 amide bonds. The summed E-state index contributed by atoms with van der Waals surface area (Å²) in [5.74, 6) is -1.55. The highest BCUT2D eigenvalue weighted by Crippen LogP contribution is 2.44. The molecule has 0 bridgehead atoms. The zero-order chi connectivity index (χ0) is 24.9. The number of aromatic nitrogens is 1. The fraction of sp³-hybridized carbons (Fsp3) is 0.308. The van der Waals surface area contributed by atoms with Crippen LogP contribution < -0.4 is 10.6 Å². The topological polar surface area (TPSA) is 118 Å². The third-order valence-corrected chi connectivity index (χ3v) is 6.67. The average Bonchev–Trinajstić information content (AvgIpc) is 3.44. The fourth-order valence-corrected chi connectivity index (χ4v) is 4.93. The molecule has 0 saturated carbocycles. The lowest BCUT2D eigenvalue weighted by Crippen LogP contribution is -2.41. The van der Waals surface area contributed by atoms with E-state index in [1.54, 1.807) is 5.38 Å². The first-order valence-electron chi connectivity index (χ1n) is 11.4. The van der Waals surface area contributed by atoms with Crippen LogP contribution in [-0.4, -0.2) is 40.7 Å². The molecule has 0 unspecified atom stereocenters. The lowest BCUT2D eigenvalue weighted by atomic mass is 9.98. The van der Waals surface area contributed by atoms with Crippen LogP contribution in [0.3, 0.4) is 0 Å². The van der Waals surface area contributed by atoms with E-state index in [1.165, 1.54) is 11.3 Å². The summed E-state index contributed by atoms with van der Waals surface area (Å²) in [5.41, 5.74) is 4.70. The van der Waals surface area contributed by atoms with Gasteiger partial charge in [-0.3, -0.25) is 4.79 Å². The zero-order valence-electron chi connectivity index (χ0n) is 19.5. The molecule has 1 aliphatic rings. The maximum absolute atomic E-state index is 12.4. The Hall–Kier alpha value is -3.72. The van der Waals surface area contributed by atoms with Crippen LogP contribution in [0, 0.1) is 5.92 Å². The molecule has 0 aliphatic heterocycles. The molecule has 8 nitrogen and oxygen atoms in total. The Labute approximate surface area is 207 Å². The summed E-state index contributed by atoms with van der Waals surface area (Å²) in [5, 5.41) is 16.5. The SMILES string of the molecule is CC(C)C[C@@H](NC(=O)c1csc(CNC(=O)OCC2c3ccccc3-c3ccccc32)n1)C(=O)O. The number of alkyl carbamates (subject to hydrolysis) is 1. The van der Waals surface area contributed by atoms with Gasteiger partial charge in [-0.05, 0) is 34.6 Å². The van der Waals surface area contributed by atoms with E-state index in [0.29, 0.717) is 11.4 Å². The van der Waals surface area contributed by atoms with E-state index in [1.807, 2.05) is 38.1 Å². The molecule has 1 aliphatic carbocycles. The van der Waals surface area contributed by atoms with Crippen molar-refractivity contribution in [2.45, 2.75) is 38.8 Å². The molecule has 3 N–H and O–H groups in total. The van der Waals surface area contributed by atoms with Crippen LogP contribution in [0.1, 0.15) is 52.8 Å². The van der Waals surface area contributed by atoms with E-state index >= 15 is 0 Å². The Balaban J connectivity index is 1.30. The second-order valence-electron chi connectivity index (χ2n) is 8.80. The number of hydrogen-bond acceptors (Lipinski definition) is 6.